The van der Waals surface area contributed by atoms with Crippen LogP contribution in [0.1, 0.15) is 29.8 Å². The van der Waals surface area contributed by atoms with Crippen molar-refractivity contribution in [1.82, 2.24) is 0 Å². The summed E-state index contributed by atoms with van der Waals surface area (Å²) in [6.07, 6.45) is -0.0475. The van der Waals surface area contributed by atoms with Gasteiger partial charge in [0.2, 0.25) is 0 Å². The van der Waals surface area contributed by atoms with Crippen LogP contribution in [0.5, 0.6) is 0 Å². The van der Waals surface area contributed by atoms with E-state index in [4.69, 9.17) is 4.74 Å². The molecule has 0 unspecified atom stereocenters. The molecular weight excluding hydrogens is 362 g/mol. The Morgan fingerprint density at radius 1 is 0.897 bits per heavy atom. The van der Waals surface area contributed by atoms with Crippen molar-refractivity contribution in [3.63, 3.8) is 0 Å². The minimum atomic E-state index is -0.857. The highest BCUT2D eigenvalue weighted by Crippen LogP contribution is 2.32. The van der Waals surface area contributed by atoms with E-state index in [0.717, 1.165) is 28.8 Å². The maximum Gasteiger partial charge on any atom is 0.338 e. The molecule has 0 saturated heterocycles. The topological polar surface area (TPSA) is 46.6 Å². The van der Waals surface area contributed by atoms with Gasteiger partial charge in [-0.25, -0.2) is 4.79 Å². The molecule has 0 bridgehead atoms. The third kappa shape index (κ3) is 3.79. The molecule has 0 aliphatic carbocycles. The summed E-state index contributed by atoms with van der Waals surface area (Å²) in [5.74, 6) is -0.692. The monoisotopic (exact) mass is 385 g/mol. The fourth-order valence-electron chi connectivity index (χ4n) is 3.81. The highest BCUT2D eigenvalue weighted by molar-refractivity contribution is 6.01. The summed E-state index contributed by atoms with van der Waals surface area (Å²) in [4.78, 5) is 27.3. The number of hydrogen-bond acceptors (Lipinski definition) is 3. The molecule has 2 atom stereocenters. The first-order chi connectivity index (χ1) is 14.0. The predicted octanol–water partition coefficient (Wildman–Crippen LogP) is 4.88. The number of nitrogens with zero attached hydrogens (tertiary/aromatic N) is 1. The van der Waals surface area contributed by atoms with Crippen molar-refractivity contribution in [2.75, 3.05) is 4.90 Å². The van der Waals surface area contributed by atoms with E-state index in [-0.39, 0.29) is 11.9 Å². The van der Waals surface area contributed by atoms with Crippen molar-refractivity contribution in [2.45, 2.75) is 32.4 Å². The highest BCUT2D eigenvalue weighted by atomic mass is 16.5. The van der Waals surface area contributed by atoms with Crippen LogP contribution in [0.2, 0.25) is 0 Å². The summed E-state index contributed by atoms with van der Waals surface area (Å²) in [5, 5.41) is 0. The lowest BCUT2D eigenvalue weighted by Gasteiger charge is -2.26. The van der Waals surface area contributed by atoms with Crippen molar-refractivity contribution in [3.05, 3.63) is 90.0 Å². The van der Waals surface area contributed by atoms with E-state index in [1.807, 2.05) is 73.7 Å². The van der Waals surface area contributed by atoms with Gasteiger partial charge in [0.05, 0.1) is 5.56 Å². The number of anilines is 1. The van der Waals surface area contributed by atoms with Crippen LogP contribution >= 0.6 is 0 Å². The van der Waals surface area contributed by atoms with Gasteiger partial charge in [0.25, 0.3) is 5.91 Å². The molecule has 1 heterocycles. The molecule has 3 aromatic rings. The maximum atomic E-state index is 13.0. The van der Waals surface area contributed by atoms with Gasteiger partial charge in [0, 0.05) is 11.7 Å². The van der Waals surface area contributed by atoms with E-state index in [9.17, 15) is 9.59 Å². The van der Waals surface area contributed by atoms with Crippen LogP contribution in [-0.2, 0) is 16.0 Å². The van der Waals surface area contributed by atoms with Gasteiger partial charge in [0.1, 0.15) is 0 Å². The van der Waals surface area contributed by atoms with Crippen LogP contribution in [0.3, 0.4) is 0 Å². The van der Waals surface area contributed by atoms with E-state index in [1.165, 1.54) is 0 Å². The zero-order valence-corrected chi connectivity index (χ0v) is 16.5. The molecule has 3 aromatic carbocycles. The number of esters is 1. The first-order valence-electron chi connectivity index (χ1n) is 9.82. The maximum absolute atomic E-state index is 13.0. The quantitative estimate of drug-likeness (QED) is 0.602. The summed E-state index contributed by atoms with van der Waals surface area (Å²) in [5.41, 5.74) is 4.58. The van der Waals surface area contributed by atoms with Gasteiger partial charge in [0.15, 0.2) is 6.10 Å². The molecule has 0 saturated carbocycles. The van der Waals surface area contributed by atoms with E-state index in [0.29, 0.717) is 5.56 Å². The van der Waals surface area contributed by atoms with Gasteiger partial charge in [-0.3, -0.25) is 4.79 Å². The number of rotatable bonds is 4. The molecule has 0 N–H and O–H groups in total. The number of fused-ring (bicyclic) bond motifs is 1. The van der Waals surface area contributed by atoms with Crippen LogP contribution in [-0.4, -0.2) is 24.0 Å². The highest BCUT2D eigenvalue weighted by Gasteiger charge is 2.34. The summed E-state index contributed by atoms with van der Waals surface area (Å²) in [6, 6.07) is 25.1. The molecule has 1 amide bonds. The van der Waals surface area contributed by atoms with Gasteiger partial charge in [-0.05, 0) is 55.2 Å². The lowest BCUT2D eigenvalue weighted by molar-refractivity contribution is -0.126. The molecule has 0 fully saturated rings. The molecule has 4 rings (SSSR count). The first kappa shape index (κ1) is 18.9. The van der Waals surface area contributed by atoms with Crippen LogP contribution in [0.15, 0.2) is 78.9 Å². The van der Waals surface area contributed by atoms with Crippen molar-refractivity contribution in [2.24, 2.45) is 0 Å². The number of carbonyl (C=O) groups excluding carboxylic acids is 2. The van der Waals surface area contributed by atoms with Gasteiger partial charge < -0.3 is 9.64 Å². The predicted molar refractivity (Wildman–Crippen MR) is 114 cm³/mol. The smallest absolute Gasteiger partial charge is 0.338 e. The molecule has 0 aromatic heterocycles. The van der Waals surface area contributed by atoms with Gasteiger partial charge >= 0.3 is 5.97 Å². The first-order valence-corrected chi connectivity index (χ1v) is 9.82. The van der Waals surface area contributed by atoms with Gasteiger partial charge in [-0.2, -0.15) is 0 Å². The van der Waals surface area contributed by atoms with Crippen LogP contribution in [0, 0.1) is 0 Å². The average Bonchev–Trinajstić information content (AvgIpc) is 3.09. The number of para-hydroxylation sites is 1. The van der Waals surface area contributed by atoms with Crippen LogP contribution in [0.4, 0.5) is 5.69 Å². The Labute approximate surface area is 170 Å². The van der Waals surface area contributed by atoms with Gasteiger partial charge in [-0.1, -0.05) is 60.7 Å². The van der Waals surface area contributed by atoms with Crippen molar-refractivity contribution in [1.29, 1.82) is 0 Å². The third-order valence-corrected chi connectivity index (χ3v) is 5.30. The fraction of sp³-hybridized carbons (Fsp3) is 0.200. The molecule has 4 nitrogen and oxygen atoms in total. The minimum absolute atomic E-state index is 0.0474. The summed E-state index contributed by atoms with van der Waals surface area (Å²) in [7, 11) is 0. The fourth-order valence-corrected chi connectivity index (χ4v) is 3.81. The van der Waals surface area contributed by atoms with E-state index >= 15 is 0 Å². The Morgan fingerprint density at radius 3 is 2.24 bits per heavy atom. The Bertz CT molecular complexity index is 1030. The summed E-state index contributed by atoms with van der Waals surface area (Å²) >= 11 is 0. The second kappa shape index (κ2) is 7.92. The number of benzene rings is 3. The molecule has 1 aliphatic heterocycles. The number of carbonyl (C=O) groups is 2. The second-order valence-electron chi connectivity index (χ2n) is 7.38. The Kier molecular flexibility index (Phi) is 5.17. The van der Waals surface area contributed by atoms with Crippen molar-refractivity contribution < 1.29 is 14.3 Å². The number of hydrogen-bond donors (Lipinski definition) is 0. The van der Waals surface area contributed by atoms with E-state index in [2.05, 4.69) is 0 Å². The zero-order chi connectivity index (χ0) is 20.4. The molecule has 1 aliphatic rings. The second-order valence-corrected chi connectivity index (χ2v) is 7.38. The SMILES string of the molecule is C[C@H](OC(=O)c1ccc(-c2ccccc2)cc1)C(=O)N1c2ccccc2C[C@@H]1C. The Hall–Kier alpha value is -3.40. The summed E-state index contributed by atoms with van der Waals surface area (Å²) in [6.45, 7) is 3.64. The van der Waals surface area contributed by atoms with E-state index < -0.39 is 12.1 Å². The zero-order valence-electron chi connectivity index (χ0n) is 16.5. The van der Waals surface area contributed by atoms with Crippen LogP contribution < -0.4 is 4.90 Å². The lowest BCUT2D eigenvalue weighted by Crippen LogP contribution is -2.43. The summed E-state index contributed by atoms with van der Waals surface area (Å²) < 4.78 is 5.49. The molecule has 4 heteroatoms. The number of amides is 1. The normalized spacial score (nSPS) is 16.2. The minimum Gasteiger partial charge on any atom is -0.449 e. The molecule has 29 heavy (non-hydrogen) atoms. The Morgan fingerprint density at radius 2 is 1.52 bits per heavy atom. The molecule has 0 radical (unpaired) electrons. The Balaban J connectivity index is 1.45. The average molecular weight is 385 g/mol. The van der Waals surface area contributed by atoms with Crippen molar-refractivity contribution >= 4 is 17.6 Å². The molecule has 146 valence electrons. The standard InChI is InChI=1S/C25H23NO3/c1-17-16-22-10-6-7-11-23(22)26(17)24(27)18(2)29-25(28)21-14-12-20(13-15-21)19-8-4-3-5-9-19/h3-15,17-18H,16H2,1-2H3/t17-,18-/m0/s1. The lowest BCUT2D eigenvalue weighted by atomic mass is 10.0. The molecule has 0 spiro atoms. The van der Waals surface area contributed by atoms with Crippen molar-refractivity contribution in [3.8, 4) is 11.1 Å². The van der Waals surface area contributed by atoms with Gasteiger partial charge in [-0.15, -0.1) is 0 Å². The third-order valence-electron chi connectivity index (χ3n) is 5.30. The van der Waals surface area contributed by atoms with E-state index in [1.54, 1.807) is 24.0 Å². The number of ether oxygens (including phenoxy) is 1. The van der Waals surface area contributed by atoms with Crippen LogP contribution in [0.25, 0.3) is 11.1 Å². The largest absolute Gasteiger partial charge is 0.449 e. The molecular formula is C25H23NO3.